The average molecular weight is 334 g/mol. The van der Waals surface area contributed by atoms with Gasteiger partial charge in [-0.3, -0.25) is 0 Å². The predicted octanol–water partition coefficient (Wildman–Crippen LogP) is 2.89. The Balaban J connectivity index is 1.85. The molecule has 2 aromatic carbocycles. The van der Waals surface area contributed by atoms with Crippen LogP contribution in [0.25, 0.3) is 11.0 Å². The average Bonchev–Trinajstić information content (AvgIpc) is 3.06. The fraction of sp³-hybridized carbons (Fsp3) is 0.133. The van der Waals surface area contributed by atoms with Gasteiger partial charge in [-0.15, -0.1) is 11.8 Å². The number of benzene rings is 2. The first-order chi connectivity index (χ1) is 10.6. The lowest BCUT2D eigenvalue weighted by atomic mass is 10.2. The third-order valence-electron chi connectivity index (χ3n) is 3.78. The minimum absolute atomic E-state index is 0.0257. The maximum absolute atomic E-state index is 11.3. The van der Waals surface area contributed by atoms with E-state index in [9.17, 15) is 10.4 Å². The molecular weight excluding hydrogens is 322 g/mol. The van der Waals surface area contributed by atoms with E-state index in [0.29, 0.717) is 0 Å². The monoisotopic (exact) mass is 333 g/mol. The maximum Gasteiger partial charge on any atom is 0.182 e. The molecule has 0 spiro atoms. The van der Waals surface area contributed by atoms with E-state index in [4.69, 9.17) is 11.6 Å². The van der Waals surface area contributed by atoms with Crippen molar-refractivity contribution in [1.29, 1.82) is 0 Å². The third kappa shape index (κ3) is 2.12. The molecule has 2 N–H and O–H groups in total. The number of aromatic nitrogens is 2. The van der Waals surface area contributed by atoms with Crippen molar-refractivity contribution in [3.05, 3.63) is 64.1 Å². The summed E-state index contributed by atoms with van der Waals surface area (Å²) >= 11 is 7.70. The molecule has 22 heavy (non-hydrogen) atoms. The van der Waals surface area contributed by atoms with Gasteiger partial charge in [0, 0.05) is 6.07 Å². The van der Waals surface area contributed by atoms with E-state index in [0.717, 1.165) is 28.2 Å². The van der Waals surface area contributed by atoms with Gasteiger partial charge in [0.2, 0.25) is 0 Å². The van der Waals surface area contributed by atoms with Crippen LogP contribution in [0.5, 0.6) is 0 Å². The molecule has 3 aromatic rings. The van der Waals surface area contributed by atoms with E-state index in [1.807, 2.05) is 30.3 Å². The molecule has 2 atom stereocenters. The van der Waals surface area contributed by atoms with E-state index >= 15 is 0 Å². The highest BCUT2D eigenvalue weighted by Gasteiger charge is 2.28. The Hall–Kier alpha value is -1.57. The first kappa shape index (κ1) is 14.0. The van der Waals surface area contributed by atoms with E-state index in [1.165, 1.54) is 0 Å². The van der Waals surface area contributed by atoms with Gasteiger partial charge >= 0.3 is 0 Å². The van der Waals surface area contributed by atoms with Crippen LogP contribution in [0.4, 0.5) is 5.69 Å². The zero-order valence-corrected chi connectivity index (χ0v) is 12.9. The number of hydrogen-bond acceptors (Lipinski definition) is 4. The molecule has 1 aromatic heterocycles. The number of nitrogens with one attached hydrogen (secondary N) is 1. The quantitative estimate of drug-likeness (QED) is 0.708. The number of nitrogens with zero attached hydrogens (tertiary/aromatic N) is 2. The molecule has 0 amide bonds. The SMILES string of the molecule is [O-][NH+](O)c1cc(C2SCc3nc4ccccc4n32)ccc1Cl. The van der Waals surface area contributed by atoms with Crippen LogP contribution in [0.1, 0.15) is 16.8 Å². The Morgan fingerprint density at radius 2 is 2.14 bits per heavy atom. The number of hydrogen-bond donors (Lipinski definition) is 2. The van der Waals surface area contributed by atoms with Gasteiger partial charge in [-0.2, -0.15) is 5.23 Å². The predicted molar refractivity (Wildman–Crippen MR) is 86.4 cm³/mol. The number of quaternary nitrogens is 1. The van der Waals surface area contributed by atoms with E-state index in [1.54, 1.807) is 23.9 Å². The summed E-state index contributed by atoms with van der Waals surface area (Å²) in [5.74, 6) is 1.83. The van der Waals surface area contributed by atoms with Crippen LogP contribution >= 0.6 is 23.4 Å². The number of halogens is 1. The molecule has 0 radical (unpaired) electrons. The van der Waals surface area contributed by atoms with Crippen molar-refractivity contribution >= 4 is 40.1 Å². The lowest BCUT2D eigenvalue weighted by Crippen LogP contribution is -2.99. The largest absolute Gasteiger partial charge is 0.595 e. The second-order valence-corrected chi connectivity index (χ2v) is 6.57. The summed E-state index contributed by atoms with van der Waals surface area (Å²) in [6.45, 7) is 0. The van der Waals surface area contributed by atoms with E-state index in [2.05, 4.69) is 9.55 Å². The molecular formula is C15H12ClN3O2S. The molecule has 0 fully saturated rings. The summed E-state index contributed by atoms with van der Waals surface area (Å²) in [5, 5.41) is 19.8. The third-order valence-corrected chi connectivity index (χ3v) is 5.33. The Kier molecular flexibility index (Phi) is 3.36. The van der Waals surface area contributed by atoms with Crippen LogP contribution in [0, 0.1) is 5.21 Å². The summed E-state index contributed by atoms with van der Waals surface area (Å²) in [4.78, 5) is 4.64. The minimum Gasteiger partial charge on any atom is -0.595 e. The summed E-state index contributed by atoms with van der Waals surface area (Å²) in [6.07, 6.45) is 0. The molecule has 0 bridgehead atoms. The van der Waals surface area contributed by atoms with Gasteiger partial charge in [-0.1, -0.05) is 29.8 Å². The molecule has 2 unspecified atom stereocenters. The standard InChI is InChI=1S/C15H12ClN3O2S/c16-10-6-5-9(7-13(10)19(20)21)15-18-12-4-2-1-3-11(12)17-14(18)8-22-15/h1-7,15,19-20H,8H2. The molecule has 0 aliphatic carbocycles. The molecule has 1 aliphatic rings. The van der Waals surface area contributed by atoms with Crippen LogP contribution in [-0.4, -0.2) is 14.8 Å². The van der Waals surface area contributed by atoms with E-state index in [-0.39, 0.29) is 16.1 Å². The normalized spacial score (nSPS) is 18.6. The lowest BCUT2D eigenvalue weighted by molar-refractivity contribution is -0.991. The van der Waals surface area contributed by atoms with E-state index < -0.39 is 5.23 Å². The number of fused-ring (bicyclic) bond motifs is 3. The van der Waals surface area contributed by atoms with Crippen molar-refractivity contribution in [2.75, 3.05) is 0 Å². The highest BCUT2D eigenvalue weighted by molar-refractivity contribution is 7.99. The Morgan fingerprint density at radius 3 is 2.95 bits per heavy atom. The lowest BCUT2D eigenvalue weighted by Gasteiger charge is -2.18. The van der Waals surface area contributed by atoms with Gasteiger partial charge in [0.25, 0.3) is 0 Å². The topological polar surface area (TPSA) is 65.6 Å². The van der Waals surface area contributed by atoms with Crippen molar-refractivity contribution in [2.24, 2.45) is 0 Å². The molecule has 4 rings (SSSR count). The van der Waals surface area contributed by atoms with Gasteiger partial charge < -0.3 is 9.77 Å². The summed E-state index contributed by atoms with van der Waals surface area (Å²) in [6, 6.07) is 13.2. The number of imidazole rings is 1. The number of thioether (sulfide) groups is 1. The van der Waals surface area contributed by atoms with Crippen molar-refractivity contribution < 1.29 is 10.4 Å². The highest BCUT2D eigenvalue weighted by Crippen LogP contribution is 2.43. The molecule has 2 heterocycles. The van der Waals surface area contributed by atoms with Gasteiger partial charge in [-0.25, -0.2) is 10.2 Å². The molecule has 0 saturated heterocycles. The van der Waals surface area contributed by atoms with Crippen LogP contribution in [0.15, 0.2) is 42.5 Å². The van der Waals surface area contributed by atoms with Gasteiger partial charge in [0.05, 0.1) is 16.8 Å². The van der Waals surface area contributed by atoms with Crippen molar-refractivity contribution in [1.82, 2.24) is 9.55 Å². The number of rotatable bonds is 2. The zero-order chi connectivity index (χ0) is 15.3. The zero-order valence-electron chi connectivity index (χ0n) is 11.4. The smallest absolute Gasteiger partial charge is 0.182 e. The molecule has 7 heteroatoms. The van der Waals surface area contributed by atoms with Crippen LogP contribution in [0.2, 0.25) is 5.02 Å². The fourth-order valence-electron chi connectivity index (χ4n) is 2.79. The first-order valence-corrected chi connectivity index (χ1v) is 8.18. The highest BCUT2D eigenvalue weighted by atomic mass is 35.5. The van der Waals surface area contributed by atoms with Crippen LogP contribution in [-0.2, 0) is 5.75 Å². The second kappa shape index (κ2) is 5.26. The second-order valence-electron chi connectivity index (χ2n) is 5.09. The van der Waals surface area contributed by atoms with Crippen molar-refractivity contribution in [3.63, 3.8) is 0 Å². The van der Waals surface area contributed by atoms with Crippen molar-refractivity contribution in [2.45, 2.75) is 11.1 Å². The van der Waals surface area contributed by atoms with Gasteiger partial charge in [0.1, 0.15) is 16.2 Å². The van der Waals surface area contributed by atoms with Crippen LogP contribution < -0.4 is 5.23 Å². The first-order valence-electron chi connectivity index (χ1n) is 6.75. The van der Waals surface area contributed by atoms with Crippen molar-refractivity contribution in [3.8, 4) is 0 Å². The summed E-state index contributed by atoms with van der Waals surface area (Å²) < 4.78 is 2.18. The molecule has 1 aliphatic heterocycles. The Labute approximate surface area is 135 Å². The minimum atomic E-state index is -1.01. The van der Waals surface area contributed by atoms with Gasteiger partial charge in [0.15, 0.2) is 5.69 Å². The summed E-state index contributed by atoms with van der Waals surface area (Å²) in [5.41, 5.74) is 3.10. The van der Waals surface area contributed by atoms with Crippen LogP contribution in [0.3, 0.4) is 0 Å². The maximum atomic E-state index is 11.3. The Bertz CT molecular complexity index is 865. The Morgan fingerprint density at radius 1 is 1.32 bits per heavy atom. The number of para-hydroxylation sites is 2. The molecule has 5 nitrogen and oxygen atoms in total. The summed E-state index contributed by atoms with van der Waals surface area (Å²) in [7, 11) is 0. The fourth-order valence-corrected chi connectivity index (χ4v) is 4.22. The molecule has 0 saturated carbocycles. The van der Waals surface area contributed by atoms with Gasteiger partial charge in [-0.05, 0) is 23.8 Å². The molecule has 112 valence electrons.